The summed E-state index contributed by atoms with van der Waals surface area (Å²) in [7, 11) is 1.48. The number of rotatable bonds is 11. The van der Waals surface area contributed by atoms with Gasteiger partial charge in [-0.15, -0.1) is 0 Å². The number of aryl methyl sites for hydroxylation is 3. The fourth-order valence-corrected chi connectivity index (χ4v) is 4.25. The molecular formula is C27H31N9O4. The minimum absolute atomic E-state index is 0.233. The molecule has 4 aromatic rings. The highest BCUT2D eigenvalue weighted by Gasteiger charge is 2.21. The number of nitrogens with one attached hydrogen (secondary N) is 2. The average molecular weight is 546 g/mol. The summed E-state index contributed by atoms with van der Waals surface area (Å²) in [6.07, 6.45) is 5.20. The van der Waals surface area contributed by atoms with E-state index < -0.39 is 11.8 Å². The highest BCUT2D eigenvalue weighted by molar-refractivity contribution is 6.04. The van der Waals surface area contributed by atoms with Gasteiger partial charge in [0.2, 0.25) is 17.8 Å². The number of methoxy groups -OCH3 is 1. The lowest BCUT2D eigenvalue weighted by atomic mass is 10.1. The number of imidazole rings is 1. The highest BCUT2D eigenvalue weighted by Crippen LogP contribution is 2.31. The van der Waals surface area contributed by atoms with Crippen LogP contribution in [-0.2, 0) is 13.1 Å². The molecule has 0 radical (unpaired) electrons. The topological polar surface area (TPSA) is 185 Å². The molecule has 1 aromatic carbocycles. The van der Waals surface area contributed by atoms with Crippen LogP contribution in [-0.4, -0.2) is 55.7 Å². The van der Waals surface area contributed by atoms with Crippen molar-refractivity contribution in [1.82, 2.24) is 24.3 Å². The maximum atomic E-state index is 13.2. The van der Waals surface area contributed by atoms with E-state index in [4.69, 9.17) is 16.2 Å². The van der Waals surface area contributed by atoms with Crippen molar-refractivity contribution in [2.75, 3.05) is 24.3 Å². The molecule has 0 fully saturated rings. The Bertz CT molecular complexity index is 1630. The molecule has 40 heavy (non-hydrogen) atoms. The Morgan fingerprint density at radius 3 is 2.45 bits per heavy atom. The summed E-state index contributed by atoms with van der Waals surface area (Å²) in [4.78, 5) is 45.3. The molecule has 0 saturated heterocycles. The third-order valence-corrected chi connectivity index (χ3v) is 6.18. The second kappa shape index (κ2) is 11.7. The van der Waals surface area contributed by atoms with Crippen molar-refractivity contribution in [3.8, 4) is 5.75 Å². The molecule has 3 aromatic heterocycles. The van der Waals surface area contributed by atoms with E-state index in [-0.39, 0.29) is 17.4 Å². The second-order valence-electron chi connectivity index (χ2n) is 9.00. The number of carbonyl (C=O) groups excluding carboxylic acids is 3. The number of carbonyl (C=O) groups is 3. The third-order valence-electron chi connectivity index (χ3n) is 6.18. The fourth-order valence-electron chi connectivity index (χ4n) is 4.25. The molecule has 4 rings (SSSR count). The lowest BCUT2D eigenvalue weighted by Gasteiger charge is -2.11. The first kappa shape index (κ1) is 27.8. The summed E-state index contributed by atoms with van der Waals surface area (Å²) in [6.45, 7) is 6.83. The molecule has 0 aliphatic carbocycles. The summed E-state index contributed by atoms with van der Waals surface area (Å²) >= 11 is 0. The Morgan fingerprint density at radius 1 is 1.05 bits per heavy atom. The summed E-state index contributed by atoms with van der Waals surface area (Å²) in [5.41, 5.74) is 14.3. The monoisotopic (exact) mass is 545 g/mol. The predicted molar refractivity (Wildman–Crippen MR) is 151 cm³/mol. The maximum absolute atomic E-state index is 13.2. The first-order chi connectivity index (χ1) is 19.1. The van der Waals surface area contributed by atoms with E-state index in [1.54, 1.807) is 33.5 Å². The molecule has 0 unspecified atom stereocenters. The minimum Gasteiger partial charge on any atom is -0.494 e. The zero-order chi connectivity index (χ0) is 29.0. The largest absolute Gasteiger partial charge is 0.494 e. The number of fused-ring (bicyclic) bond motifs is 1. The Kier molecular flexibility index (Phi) is 8.12. The molecule has 0 aliphatic rings. The zero-order valence-corrected chi connectivity index (χ0v) is 22.7. The number of ether oxygens (including phenoxy) is 1. The van der Waals surface area contributed by atoms with Crippen molar-refractivity contribution in [3.05, 3.63) is 70.7 Å². The third kappa shape index (κ3) is 5.77. The fraction of sp³-hybridized carbons (Fsp3) is 0.259. The second-order valence-corrected chi connectivity index (χ2v) is 9.00. The van der Waals surface area contributed by atoms with E-state index in [0.29, 0.717) is 53.5 Å². The van der Waals surface area contributed by atoms with Gasteiger partial charge in [0.25, 0.3) is 5.91 Å². The van der Waals surface area contributed by atoms with Crippen LogP contribution in [0.4, 0.5) is 11.8 Å². The van der Waals surface area contributed by atoms with Gasteiger partial charge < -0.3 is 26.1 Å². The number of amides is 3. The van der Waals surface area contributed by atoms with Gasteiger partial charge in [-0.05, 0) is 50.6 Å². The molecule has 0 spiro atoms. The van der Waals surface area contributed by atoms with Crippen LogP contribution in [0.1, 0.15) is 49.4 Å². The van der Waals surface area contributed by atoms with Crippen molar-refractivity contribution >= 4 is 40.5 Å². The average Bonchev–Trinajstić information content (AvgIpc) is 3.47. The summed E-state index contributed by atoms with van der Waals surface area (Å²) < 4.78 is 8.94. The number of primary amides is 2. The number of hydrogen-bond donors (Lipinski definition) is 4. The van der Waals surface area contributed by atoms with Crippen LogP contribution in [0.5, 0.6) is 5.75 Å². The quantitative estimate of drug-likeness (QED) is 0.207. The Labute approximate surface area is 230 Å². The van der Waals surface area contributed by atoms with E-state index in [1.165, 1.54) is 13.3 Å². The molecule has 208 valence electrons. The van der Waals surface area contributed by atoms with Crippen molar-refractivity contribution in [2.45, 2.75) is 33.9 Å². The van der Waals surface area contributed by atoms with Crippen LogP contribution in [0.15, 0.2) is 42.6 Å². The van der Waals surface area contributed by atoms with Crippen LogP contribution >= 0.6 is 0 Å². The van der Waals surface area contributed by atoms with Crippen molar-refractivity contribution in [3.63, 3.8) is 0 Å². The smallest absolute Gasteiger partial charge is 0.276 e. The van der Waals surface area contributed by atoms with E-state index in [0.717, 1.165) is 11.3 Å². The van der Waals surface area contributed by atoms with Gasteiger partial charge in [0.05, 0.1) is 23.9 Å². The molecule has 0 atom stereocenters. The summed E-state index contributed by atoms with van der Waals surface area (Å²) in [6, 6.07) is 6.48. The minimum atomic E-state index is -0.624. The normalized spacial score (nSPS) is 11.2. The zero-order valence-electron chi connectivity index (χ0n) is 22.7. The number of nitrogens with two attached hydrogens (primary N) is 2. The van der Waals surface area contributed by atoms with Gasteiger partial charge in [-0.1, -0.05) is 12.2 Å². The van der Waals surface area contributed by atoms with E-state index in [1.807, 2.05) is 32.9 Å². The number of nitrogens with zero attached hydrogens (tertiary/aromatic N) is 5. The van der Waals surface area contributed by atoms with E-state index in [9.17, 15) is 14.4 Å². The molecule has 3 amide bonds. The molecule has 6 N–H and O–H groups in total. The van der Waals surface area contributed by atoms with Crippen LogP contribution in [0.3, 0.4) is 0 Å². The van der Waals surface area contributed by atoms with E-state index >= 15 is 0 Å². The number of anilines is 2. The van der Waals surface area contributed by atoms with Crippen molar-refractivity contribution in [2.24, 2.45) is 11.5 Å². The number of hydrogen-bond acceptors (Lipinski definition) is 8. The van der Waals surface area contributed by atoms with Gasteiger partial charge in [0, 0.05) is 31.4 Å². The molecule has 3 heterocycles. The lowest BCUT2D eigenvalue weighted by Crippen LogP contribution is -2.20. The van der Waals surface area contributed by atoms with Crippen molar-refractivity contribution < 1.29 is 19.1 Å². The Morgan fingerprint density at radius 2 is 1.80 bits per heavy atom. The Balaban J connectivity index is 1.62. The first-order valence-electron chi connectivity index (χ1n) is 12.5. The van der Waals surface area contributed by atoms with Crippen LogP contribution < -0.4 is 26.8 Å². The molecule has 0 saturated carbocycles. The highest BCUT2D eigenvalue weighted by atomic mass is 16.5. The molecule has 13 nitrogen and oxygen atoms in total. The van der Waals surface area contributed by atoms with Crippen LogP contribution in [0.25, 0.3) is 11.0 Å². The number of aromatic nitrogens is 5. The van der Waals surface area contributed by atoms with Crippen LogP contribution in [0, 0.1) is 13.8 Å². The molecule has 13 heteroatoms. The SMILES string of the molecule is CCn1nc(C)cc1C(=O)Nc1nc2cc(C(N)=O)cc(OC)c2n1C/C=C/CNc1ncc(C(N)=O)cc1C. The summed E-state index contributed by atoms with van der Waals surface area (Å²) in [5.74, 6) is -0.265. The standard InChI is InChI=1S/C27H31N9O4/c1-5-36-20(11-16(3)34-36)26(39)33-27-32-19-12-17(23(28)37)13-21(40-4)22(19)35(27)9-7-6-8-30-25-15(2)10-18(14-31-25)24(29)38/h6-7,10-14H,5,8-9H2,1-4H3,(H2,28,37)(H2,29,38)(H,30,31)(H,32,33,39)/b7-6+. The number of benzene rings is 1. The predicted octanol–water partition coefficient (Wildman–Crippen LogP) is 2.39. The maximum Gasteiger partial charge on any atom is 0.276 e. The van der Waals surface area contributed by atoms with Gasteiger partial charge in [0.15, 0.2) is 0 Å². The molecule has 0 aliphatic heterocycles. The van der Waals surface area contributed by atoms with Gasteiger partial charge in [-0.2, -0.15) is 5.10 Å². The number of allylic oxidation sites excluding steroid dienone is 1. The van der Waals surface area contributed by atoms with Gasteiger partial charge in [-0.3, -0.25) is 24.4 Å². The summed E-state index contributed by atoms with van der Waals surface area (Å²) in [5, 5.41) is 10.4. The number of pyridine rings is 1. The van der Waals surface area contributed by atoms with E-state index in [2.05, 4.69) is 25.7 Å². The van der Waals surface area contributed by atoms with Gasteiger partial charge >= 0.3 is 0 Å². The molecule has 0 bridgehead atoms. The van der Waals surface area contributed by atoms with Crippen molar-refractivity contribution in [1.29, 1.82) is 0 Å². The molecular weight excluding hydrogens is 514 g/mol. The lowest BCUT2D eigenvalue weighted by molar-refractivity contribution is 0.0991. The first-order valence-corrected chi connectivity index (χ1v) is 12.5. The van der Waals surface area contributed by atoms with Gasteiger partial charge in [-0.25, -0.2) is 9.97 Å². The Hall–Kier alpha value is -5.20. The van der Waals surface area contributed by atoms with Crippen LogP contribution in [0.2, 0.25) is 0 Å². The van der Waals surface area contributed by atoms with Gasteiger partial charge in [0.1, 0.15) is 22.8 Å².